The van der Waals surface area contributed by atoms with E-state index in [1.807, 2.05) is 0 Å². The number of morpholine rings is 1. The lowest BCUT2D eigenvalue weighted by Gasteiger charge is -2.39. The summed E-state index contributed by atoms with van der Waals surface area (Å²) in [6.07, 6.45) is 2.89. The van der Waals surface area contributed by atoms with Crippen LogP contribution in [-0.2, 0) is 16.0 Å². The third kappa shape index (κ3) is 3.18. The minimum atomic E-state index is -0.532. The van der Waals surface area contributed by atoms with Crippen molar-refractivity contribution < 1.29 is 18.7 Å². The number of benzene rings is 1. The molecule has 2 fully saturated rings. The molecule has 7 heteroatoms. The molecule has 2 aromatic rings. The van der Waals surface area contributed by atoms with Crippen LogP contribution in [0.3, 0.4) is 0 Å². The van der Waals surface area contributed by atoms with Gasteiger partial charge >= 0.3 is 5.97 Å². The van der Waals surface area contributed by atoms with Gasteiger partial charge in [0.1, 0.15) is 12.8 Å². The maximum absolute atomic E-state index is 12.9. The van der Waals surface area contributed by atoms with Gasteiger partial charge in [-0.05, 0) is 18.2 Å². The van der Waals surface area contributed by atoms with Gasteiger partial charge in [0.25, 0.3) is 0 Å². The maximum atomic E-state index is 12.9. The molecule has 0 saturated carbocycles. The first kappa shape index (κ1) is 17.0. The SMILES string of the molecule is N#Cc1ccc2c(c1)c(C(=O)OC1CC3COCC(C1)N3)cn2CCF. The Bertz CT molecular complexity index is 861. The van der Waals surface area contributed by atoms with Gasteiger partial charge in [0.2, 0.25) is 0 Å². The van der Waals surface area contributed by atoms with Gasteiger partial charge in [-0.1, -0.05) is 0 Å². The second-order valence-corrected chi connectivity index (χ2v) is 6.87. The molecule has 2 saturated heterocycles. The number of nitrogens with zero attached hydrogens (tertiary/aromatic N) is 2. The van der Waals surface area contributed by atoms with Crippen molar-refractivity contribution in [1.82, 2.24) is 9.88 Å². The van der Waals surface area contributed by atoms with Crippen LogP contribution in [0.1, 0.15) is 28.8 Å². The molecule has 2 aliphatic rings. The van der Waals surface area contributed by atoms with E-state index in [2.05, 4.69) is 11.4 Å². The highest BCUT2D eigenvalue weighted by atomic mass is 19.1. The van der Waals surface area contributed by atoms with E-state index in [9.17, 15) is 9.18 Å². The van der Waals surface area contributed by atoms with E-state index in [1.54, 1.807) is 29.0 Å². The summed E-state index contributed by atoms with van der Waals surface area (Å²) in [5.74, 6) is -0.423. The molecule has 1 aromatic carbocycles. The molecule has 1 aromatic heterocycles. The smallest absolute Gasteiger partial charge is 0.340 e. The van der Waals surface area contributed by atoms with Crippen molar-refractivity contribution in [2.45, 2.75) is 37.6 Å². The van der Waals surface area contributed by atoms with Crippen LogP contribution in [-0.4, -0.2) is 48.6 Å². The second-order valence-electron chi connectivity index (χ2n) is 6.87. The van der Waals surface area contributed by atoms with Crippen LogP contribution in [0, 0.1) is 11.3 Å². The van der Waals surface area contributed by atoms with Crippen molar-refractivity contribution in [2.24, 2.45) is 0 Å². The molecular weight excluding hydrogens is 337 g/mol. The number of rotatable bonds is 4. The Morgan fingerprint density at radius 2 is 2.15 bits per heavy atom. The summed E-state index contributed by atoms with van der Waals surface area (Å²) in [6, 6.07) is 7.56. The summed E-state index contributed by atoms with van der Waals surface area (Å²) in [7, 11) is 0. The number of nitrogens with one attached hydrogen (secondary N) is 1. The number of aromatic nitrogens is 1. The van der Waals surface area contributed by atoms with Gasteiger partial charge in [0, 0.05) is 42.0 Å². The fourth-order valence-electron chi connectivity index (χ4n) is 3.90. The summed E-state index contributed by atoms with van der Waals surface area (Å²) in [4.78, 5) is 12.8. The predicted molar refractivity (Wildman–Crippen MR) is 92.6 cm³/mol. The van der Waals surface area contributed by atoms with Crippen LogP contribution in [0.25, 0.3) is 10.9 Å². The number of carbonyl (C=O) groups is 1. The maximum Gasteiger partial charge on any atom is 0.340 e. The number of nitriles is 1. The Hall–Kier alpha value is -2.43. The number of esters is 1. The largest absolute Gasteiger partial charge is 0.459 e. The number of carbonyl (C=O) groups excluding carboxylic acids is 1. The zero-order chi connectivity index (χ0) is 18.1. The van der Waals surface area contributed by atoms with E-state index in [0.29, 0.717) is 29.7 Å². The van der Waals surface area contributed by atoms with Gasteiger partial charge in [0.15, 0.2) is 0 Å². The quantitative estimate of drug-likeness (QED) is 0.849. The van der Waals surface area contributed by atoms with E-state index in [-0.39, 0.29) is 24.7 Å². The normalized spacial score (nSPS) is 25.0. The fraction of sp³-hybridized carbons (Fsp3) is 0.474. The van der Waals surface area contributed by atoms with Crippen LogP contribution in [0.2, 0.25) is 0 Å². The second kappa shape index (κ2) is 7.06. The van der Waals surface area contributed by atoms with Gasteiger partial charge < -0.3 is 19.4 Å². The number of ether oxygens (including phenoxy) is 2. The number of fused-ring (bicyclic) bond motifs is 3. The van der Waals surface area contributed by atoms with Crippen molar-refractivity contribution in [3.8, 4) is 6.07 Å². The molecule has 3 heterocycles. The average Bonchev–Trinajstić information content (AvgIpc) is 2.99. The van der Waals surface area contributed by atoms with E-state index in [4.69, 9.17) is 14.7 Å². The van der Waals surface area contributed by atoms with Crippen LogP contribution in [0.15, 0.2) is 24.4 Å². The van der Waals surface area contributed by atoms with E-state index in [0.717, 1.165) is 18.4 Å². The highest BCUT2D eigenvalue weighted by molar-refractivity contribution is 6.04. The lowest BCUT2D eigenvalue weighted by atomic mass is 9.94. The van der Waals surface area contributed by atoms with Crippen molar-refractivity contribution in [1.29, 1.82) is 5.26 Å². The first-order chi connectivity index (χ1) is 12.7. The predicted octanol–water partition coefficient (Wildman–Crippen LogP) is 2.16. The molecule has 2 bridgehead atoms. The molecule has 6 nitrogen and oxygen atoms in total. The summed E-state index contributed by atoms with van der Waals surface area (Å²) in [5.41, 5.74) is 1.56. The topological polar surface area (TPSA) is 76.3 Å². The van der Waals surface area contributed by atoms with Crippen LogP contribution >= 0.6 is 0 Å². The third-order valence-corrected chi connectivity index (χ3v) is 5.03. The van der Waals surface area contributed by atoms with Crippen molar-refractivity contribution in [2.75, 3.05) is 19.9 Å². The van der Waals surface area contributed by atoms with Gasteiger partial charge in [-0.2, -0.15) is 5.26 Å². The molecule has 136 valence electrons. The molecular formula is C19H20FN3O3. The summed E-state index contributed by atoms with van der Waals surface area (Å²) >= 11 is 0. The van der Waals surface area contributed by atoms with Crippen molar-refractivity contribution in [3.05, 3.63) is 35.5 Å². The molecule has 0 spiro atoms. The Kier molecular flexibility index (Phi) is 4.62. The van der Waals surface area contributed by atoms with Gasteiger partial charge in [-0.15, -0.1) is 0 Å². The Morgan fingerprint density at radius 1 is 1.38 bits per heavy atom. The van der Waals surface area contributed by atoms with Gasteiger partial charge in [-0.3, -0.25) is 0 Å². The molecule has 4 rings (SSSR count). The molecule has 0 radical (unpaired) electrons. The van der Waals surface area contributed by atoms with E-state index in [1.165, 1.54) is 0 Å². The van der Waals surface area contributed by atoms with Gasteiger partial charge in [0.05, 0.1) is 37.0 Å². The number of hydrogen-bond donors (Lipinski definition) is 1. The lowest BCUT2D eigenvalue weighted by molar-refractivity contribution is -0.0339. The van der Waals surface area contributed by atoms with E-state index >= 15 is 0 Å². The summed E-state index contributed by atoms with van der Waals surface area (Å²) < 4.78 is 25.8. The molecule has 2 atom stereocenters. The number of halogens is 1. The Balaban J connectivity index is 1.60. The van der Waals surface area contributed by atoms with Gasteiger partial charge in [-0.25, -0.2) is 9.18 Å². The minimum Gasteiger partial charge on any atom is -0.459 e. The number of piperidine rings is 1. The first-order valence-corrected chi connectivity index (χ1v) is 8.81. The summed E-state index contributed by atoms with van der Waals surface area (Å²) in [5, 5.41) is 13.2. The summed E-state index contributed by atoms with van der Waals surface area (Å²) in [6.45, 7) is 0.887. The minimum absolute atomic E-state index is 0.157. The Labute approximate surface area is 150 Å². The molecule has 0 amide bonds. The number of alkyl halides is 1. The standard InChI is InChI=1S/C19H20FN3O3/c20-3-4-23-9-17(16-5-12(8-21)1-2-18(16)23)19(24)26-15-6-13-10-25-11-14(7-15)22-13/h1-2,5,9,13-15,22H,3-4,6-7,10-11H2. The monoisotopic (exact) mass is 357 g/mol. The molecule has 1 N–H and O–H groups in total. The third-order valence-electron chi connectivity index (χ3n) is 5.03. The molecule has 2 aliphatic heterocycles. The van der Waals surface area contributed by atoms with Crippen LogP contribution in [0.5, 0.6) is 0 Å². The van der Waals surface area contributed by atoms with Crippen LogP contribution in [0.4, 0.5) is 4.39 Å². The lowest BCUT2D eigenvalue weighted by Crippen LogP contribution is -2.56. The zero-order valence-electron chi connectivity index (χ0n) is 14.3. The molecule has 0 aliphatic carbocycles. The molecule has 26 heavy (non-hydrogen) atoms. The Morgan fingerprint density at radius 3 is 2.85 bits per heavy atom. The highest BCUT2D eigenvalue weighted by Crippen LogP contribution is 2.27. The molecule has 2 unspecified atom stereocenters. The zero-order valence-corrected chi connectivity index (χ0v) is 14.3. The average molecular weight is 357 g/mol. The number of aryl methyl sites for hydroxylation is 1. The number of hydrogen-bond acceptors (Lipinski definition) is 5. The van der Waals surface area contributed by atoms with Crippen molar-refractivity contribution >= 4 is 16.9 Å². The van der Waals surface area contributed by atoms with Crippen molar-refractivity contribution in [3.63, 3.8) is 0 Å². The van der Waals surface area contributed by atoms with E-state index < -0.39 is 12.6 Å². The highest BCUT2D eigenvalue weighted by Gasteiger charge is 2.34. The fourth-order valence-corrected chi connectivity index (χ4v) is 3.90. The van der Waals surface area contributed by atoms with Crippen LogP contribution < -0.4 is 5.32 Å². The first-order valence-electron chi connectivity index (χ1n) is 8.81.